The Morgan fingerprint density at radius 2 is 2.16 bits per heavy atom. The molecule has 2 fully saturated rings. The number of halogens is 1. The Labute approximate surface area is 113 Å². The molecule has 0 aromatic carbocycles. The van der Waals surface area contributed by atoms with Gasteiger partial charge in [0.05, 0.1) is 11.8 Å². The van der Waals surface area contributed by atoms with E-state index in [4.69, 9.17) is 10.5 Å². The molecule has 1 aromatic rings. The van der Waals surface area contributed by atoms with E-state index in [1.807, 2.05) is 0 Å². The maximum absolute atomic E-state index is 13.2. The van der Waals surface area contributed by atoms with Crippen LogP contribution in [0.15, 0.2) is 18.5 Å². The minimum Gasteiger partial charge on any atom is -0.375 e. The number of nitrogens with two attached hydrogens (primary N) is 1. The average Bonchev–Trinajstić information content (AvgIpc) is 2.86. The van der Waals surface area contributed by atoms with E-state index >= 15 is 0 Å². The number of aromatic nitrogens is 1. The zero-order valence-electron chi connectivity index (χ0n) is 11.1. The molecule has 2 atom stereocenters. The molecule has 3 rings (SSSR count). The summed E-state index contributed by atoms with van der Waals surface area (Å²) in [6, 6.07) is 1.37. The molecule has 0 amide bonds. The van der Waals surface area contributed by atoms with Gasteiger partial charge in [-0.25, -0.2) is 4.39 Å². The summed E-state index contributed by atoms with van der Waals surface area (Å²) in [6.07, 6.45) is 9.68. The summed E-state index contributed by atoms with van der Waals surface area (Å²) in [6.45, 7) is 0.779. The van der Waals surface area contributed by atoms with Crippen LogP contribution in [-0.2, 0) is 4.74 Å². The summed E-state index contributed by atoms with van der Waals surface area (Å²) in [7, 11) is 0. The molecule has 1 spiro atoms. The van der Waals surface area contributed by atoms with Crippen LogP contribution in [0.3, 0.4) is 0 Å². The molecule has 1 aliphatic heterocycles. The van der Waals surface area contributed by atoms with Gasteiger partial charge in [-0.05, 0) is 43.2 Å². The van der Waals surface area contributed by atoms with Crippen LogP contribution < -0.4 is 5.73 Å². The summed E-state index contributed by atoms with van der Waals surface area (Å²) < 4.78 is 19.3. The first-order chi connectivity index (χ1) is 9.19. The predicted molar refractivity (Wildman–Crippen MR) is 71.0 cm³/mol. The van der Waals surface area contributed by atoms with Crippen LogP contribution in [0.1, 0.15) is 50.1 Å². The summed E-state index contributed by atoms with van der Waals surface area (Å²) in [5, 5.41) is 0. The molecule has 1 aliphatic carbocycles. The van der Waals surface area contributed by atoms with Gasteiger partial charge in [0.1, 0.15) is 5.82 Å². The van der Waals surface area contributed by atoms with Gasteiger partial charge in [0, 0.05) is 18.8 Å². The summed E-state index contributed by atoms with van der Waals surface area (Å²) >= 11 is 0. The highest BCUT2D eigenvalue weighted by atomic mass is 19.1. The van der Waals surface area contributed by atoms with Gasteiger partial charge in [-0.1, -0.05) is 12.8 Å². The van der Waals surface area contributed by atoms with E-state index in [-0.39, 0.29) is 17.5 Å². The van der Waals surface area contributed by atoms with E-state index in [1.165, 1.54) is 25.1 Å². The zero-order chi connectivity index (χ0) is 13.3. The molecule has 4 heteroatoms. The van der Waals surface area contributed by atoms with E-state index in [2.05, 4.69) is 4.98 Å². The van der Waals surface area contributed by atoms with Crippen molar-refractivity contribution in [2.45, 2.75) is 50.2 Å². The molecule has 0 bridgehead atoms. The van der Waals surface area contributed by atoms with E-state index < -0.39 is 0 Å². The summed E-state index contributed by atoms with van der Waals surface area (Å²) in [5.41, 5.74) is 7.19. The number of hydrogen-bond donors (Lipinski definition) is 1. The fraction of sp³-hybridized carbons (Fsp3) is 0.667. The smallest absolute Gasteiger partial charge is 0.141 e. The maximum Gasteiger partial charge on any atom is 0.141 e. The monoisotopic (exact) mass is 264 g/mol. The predicted octanol–water partition coefficient (Wildman–Crippen LogP) is 2.96. The Morgan fingerprint density at radius 1 is 1.37 bits per heavy atom. The number of rotatable bonds is 2. The second kappa shape index (κ2) is 5.17. The molecule has 104 valence electrons. The second-order valence-corrected chi connectivity index (χ2v) is 5.95. The number of ether oxygens (including phenoxy) is 1. The van der Waals surface area contributed by atoms with Gasteiger partial charge in [0.15, 0.2) is 0 Å². The van der Waals surface area contributed by atoms with Crippen molar-refractivity contribution in [2.75, 3.05) is 6.61 Å². The molecule has 2 heterocycles. The van der Waals surface area contributed by atoms with Crippen LogP contribution in [-0.4, -0.2) is 17.2 Å². The molecule has 1 saturated carbocycles. The van der Waals surface area contributed by atoms with Crippen molar-refractivity contribution < 1.29 is 9.13 Å². The number of pyridine rings is 1. The lowest BCUT2D eigenvalue weighted by Crippen LogP contribution is -2.40. The Morgan fingerprint density at radius 3 is 2.89 bits per heavy atom. The average molecular weight is 264 g/mol. The van der Waals surface area contributed by atoms with Crippen molar-refractivity contribution >= 4 is 0 Å². The molecule has 2 aliphatic rings. The zero-order valence-corrected chi connectivity index (χ0v) is 11.1. The lowest BCUT2D eigenvalue weighted by atomic mass is 9.79. The fourth-order valence-corrected chi connectivity index (χ4v) is 3.62. The molecule has 2 N–H and O–H groups in total. The lowest BCUT2D eigenvalue weighted by molar-refractivity contribution is -0.0964. The summed E-state index contributed by atoms with van der Waals surface area (Å²) in [4.78, 5) is 3.90. The molecule has 0 radical (unpaired) electrons. The molecular weight excluding hydrogens is 243 g/mol. The van der Waals surface area contributed by atoms with Crippen LogP contribution in [0.5, 0.6) is 0 Å². The second-order valence-electron chi connectivity index (χ2n) is 5.95. The lowest BCUT2D eigenvalue weighted by Gasteiger charge is -2.40. The molecule has 1 saturated heterocycles. The normalized spacial score (nSPS) is 27.6. The first-order valence-electron chi connectivity index (χ1n) is 7.19. The summed E-state index contributed by atoms with van der Waals surface area (Å²) in [5.74, 6) is 0.0611. The van der Waals surface area contributed by atoms with E-state index in [9.17, 15) is 4.39 Å². The Bertz CT molecular complexity index is 446. The van der Waals surface area contributed by atoms with E-state index in [0.717, 1.165) is 37.9 Å². The highest BCUT2D eigenvalue weighted by Crippen LogP contribution is 2.44. The van der Waals surface area contributed by atoms with Crippen molar-refractivity contribution in [3.8, 4) is 0 Å². The van der Waals surface area contributed by atoms with Crippen LogP contribution in [0.2, 0.25) is 0 Å². The quantitative estimate of drug-likeness (QED) is 0.893. The van der Waals surface area contributed by atoms with E-state index in [1.54, 1.807) is 6.20 Å². The van der Waals surface area contributed by atoms with Crippen molar-refractivity contribution in [2.24, 2.45) is 11.7 Å². The first kappa shape index (κ1) is 13.0. The van der Waals surface area contributed by atoms with Crippen LogP contribution in [0.4, 0.5) is 4.39 Å². The van der Waals surface area contributed by atoms with Gasteiger partial charge in [0.2, 0.25) is 0 Å². The van der Waals surface area contributed by atoms with Gasteiger partial charge < -0.3 is 10.5 Å². The van der Waals surface area contributed by atoms with Gasteiger partial charge in [-0.3, -0.25) is 4.98 Å². The van der Waals surface area contributed by atoms with Crippen LogP contribution in [0.25, 0.3) is 0 Å². The Hall–Kier alpha value is -1.00. The van der Waals surface area contributed by atoms with Gasteiger partial charge in [-0.15, -0.1) is 0 Å². The highest BCUT2D eigenvalue weighted by Gasteiger charge is 2.41. The van der Waals surface area contributed by atoms with Crippen LogP contribution >= 0.6 is 0 Å². The maximum atomic E-state index is 13.2. The topological polar surface area (TPSA) is 48.1 Å². The van der Waals surface area contributed by atoms with Gasteiger partial charge >= 0.3 is 0 Å². The van der Waals surface area contributed by atoms with Crippen LogP contribution in [0, 0.1) is 11.7 Å². The third-order valence-corrected chi connectivity index (χ3v) is 4.66. The number of hydrogen-bond acceptors (Lipinski definition) is 3. The van der Waals surface area contributed by atoms with Crippen molar-refractivity contribution in [3.05, 3.63) is 29.8 Å². The molecule has 3 nitrogen and oxygen atoms in total. The minimum absolute atomic E-state index is 0.0568. The fourth-order valence-electron chi connectivity index (χ4n) is 3.62. The molecule has 19 heavy (non-hydrogen) atoms. The largest absolute Gasteiger partial charge is 0.375 e. The number of nitrogens with zero attached hydrogens (tertiary/aromatic N) is 1. The van der Waals surface area contributed by atoms with Crippen molar-refractivity contribution in [1.29, 1.82) is 0 Å². The van der Waals surface area contributed by atoms with Crippen molar-refractivity contribution in [3.63, 3.8) is 0 Å². The first-order valence-corrected chi connectivity index (χ1v) is 7.19. The standard InChI is InChI=1S/C15H21FN2O/c16-13-7-12(9-18-10-13)14(17)11-3-6-19-15(8-11)4-1-2-5-15/h7,9-11,14H,1-6,8,17H2. The van der Waals surface area contributed by atoms with E-state index in [0.29, 0.717) is 5.92 Å². The SMILES string of the molecule is NC(c1cncc(F)c1)C1CCOC2(CCCC2)C1. The molecule has 1 aromatic heterocycles. The highest BCUT2D eigenvalue weighted by molar-refractivity contribution is 5.16. The Balaban J connectivity index is 1.74. The van der Waals surface area contributed by atoms with Crippen molar-refractivity contribution in [1.82, 2.24) is 4.98 Å². The Kier molecular flexibility index (Phi) is 3.54. The third-order valence-electron chi connectivity index (χ3n) is 4.66. The van der Waals surface area contributed by atoms with Gasteiger partial charge in [-0.2, -0.15) is 0 Å². The van der Waals surface area contributed by atoms with Gasteiger partial charge in [0.25, 0.3) is 0 Å². The molecule has 2 unspecified atom stereocenters. The third kappa shape index (κ3) is 2.65. The molecular formula is C15H21FN2O. The minimum atomic E-state index is -0.310.